The molecule has 0 unspecified atom stereocenters. The van der Waals surface area contributed by atoms with Gasteiger partial charge in [0.2, 0.25) is 15.9 Å². The first-order chi connectivity index (χ1) is 15.1. The summed E-state index contributed by atoms with van der Waals surface area (Å²) in [6.45, 7) is 3.37. The fourth-order valence-electron chi connectivity index (χ4n) is 3.88. The van der Waals surface area contributed by atoms with E-state index in [-0.39, 0.29) is 40.3 Å². The summed E-state index contributed by atoms with van der Waals surface area (Å²) in [6.07, 6.45) is 2.00. The van der Waals surface area contributed by atoms with E-state index in [1.165, 1.54) is 24.3 Å². The molecule has 1 fully saturated rings. The van der Waals surface area contributed by atoms with Gasteiger partial charge in [-0.2, -0.15) is 0 Å². The Balaban J connectivity index is 1.56. The summed E-state index contributed by atoms with van der Waals surface area (Å²) in [5, 5.41) is 14.0. The van der Waals surface area contributed by atoms with E-state index < -0.39 is 14.9 Å². The number of hydrogen-bond acceptors (Lipinski definition) is 5. The van der Waals surface area contributed by atoms with Crippen molar-refractivity contribution in [2.24, 2.45) is 5.92 Å². The number of rotatable bonds is 7. The second-order valence-corrected chi connectivity index (χ2v) is 9.87. The van der Waals surface area contributed by atoms with Crippen molar-refractivity contribution in [3.05, 3.63) is 69.5 Å². The van der Waals surface area contributed by atoms with Gasteiger partial charge in [-0.1, -0.05) is 18.2 Å². The molecular formula is C22H26FN3O5S. The van der Waals surface area contributed by atoms with Crippen LogP contribution in [0, 0.1) is 28.8 Å². The first-order valence-corrected chi connectivity index (χ1v) is 11.9. The van der Waals surface area contributed by atoms with Crippen LogP contribution in [0.5, 0.6) is 0 Å². The van der Waals surface area contributed by atoms with Crippen molar-refractivity contribution in [1.29, 1.82) is 0 Å². The molecule has 1 amide bonds. The highest BCUT2D eigenvalue weighted by atomic mass is 32.2. The molecule has 2 aromatic carbocycles. The summed E-state index contributed by atoms with van der Waals surface area (Å²) in [6, 6.07) is 9.15. The molecule has 172 valence electrons. The van der Waals surface area contributed by atoms with E-state index in [4.69, 9.17) is 0 Å². The van der Waals surface area contributed by atoms with Crippen molar-refractivity contribution in [3.63, 3.8) is 0 Å². The summed E-state index contributed by atoms with van der Waals surface area (Å²) in [7, 11) is -3.91. The molecule has 1 aliphatic carbocycles. The number of nitrogens with zero attached hydrogens (tertiary/aromatic N) is 1. The van der Waals surface area contributed by atoms with Crippen LogP contribution in [-0.2, 0) is 14.8 Å². The van der Waals surface area contributed by atoms with Crippen molar-refractivity contribution >= 4 is 21.6 Å². The van der Waals surface area contributed by atoms with Crippen LogP contribution in [0.15, 0.2) is 47.4 Å². The van der Waals surface area contributed by atoms with Crippen LogP contribution in [-0.4, -0.2) is 25.3 Å². The maximum atomic E-state index is 13.1. The lowest BCUT2D eigenvalue weighted by atomic mass is 9.85. The van der Waals surface area contributed by atoms with Crippen LogP contribution >= 0.6 is 0 Å². The van der Waals surface area contributed by atoms with E-state index in [0.717, 1.165) is 11.6 Å². The molecule has 0 bridgehead atoms. The summed E-state index contributed by atoms with van der Waals surface area (Å²) in [5.41, 5.74) is 0.937. The predicted octanol–water partition coefficient (Wildman–Crippen LogP) is 3.76. The zero-order valence-electron chi connectivity index (χ0n) is 17.9. The molecule has 2 N–H and O–H groups in total. The Hall–Kier alpha value is -2.85. The number of nitro benzene ring substituents is 1. The molecule has 1 aliphatic rings. The second-order valence-electron chi connectivity index (χ2n) is 8.16. The van der Waals surface area contributed by atoms with Crippen LogP contribution in [0.4, 0.5) is 10.1 Å². The molecule has 1 atom stereocenters. The SMILES string of the molecule is Cc1ccc(S(=O)(=O)NC2CCC(C(=O)N[C@H](C)c3ccc(F)cc3)CC2)cc1[N+](=O)[O-]. The third-order valence-electron chi connectivity index (χ3n) is 5.84. The molecule has 3 rings (SSSR count). The number of halogens is 1. The number of carbonyl (C=O) groups excluding carboxylic acids is 1. The number of carbonyl (C=O) groups is 1. The van der Waals surface area contributed by atoms with E-state index in [1.807, 2.05) is 6.92 Å². The Labute approximate surface area is 186 Å². The molecule has 0 aliphatic heterocycles. The van der Waals surface area contributed by atoms with E-state index in [2.05, 4.69) is 10.0 Å². The van der Waals surface area contributed by atoms with Crippen LogP contribution < -0.4 is 10.0 Å². The fraction of sp³-hybridized carbons (Fsp3) is 0.409. The summed E-state index contributed by atoms with van der Waals surface area (Å²) in [5.74, 6) is -0.690. The van der Waals surface area contributed by atoms with Crippen molar-refractivity contribution < 1.29 is 22.5 Å². The van der Waals surface area contributed by atoms with Gasteiger partial charge in [0, 0.05) is 23.6 Å². The quantitative estimate of drug-likeness (QED) is 0.479. The van der Waals surface area contributed by atoms with Gasteiger partial charge in [-0.05, 0) is 63.3 Å². The monoisotopic (exact) mass is 463 g/mol. The van der Waals surface area contributed by atoms with Crippen molar-refractivity contribution in [1.82, 2.24) is 10.0 Å². The average molecular weight is 464 g/mol. The summed E-state index contributed by atoms with van der Waals surface area (Å²) >= 11 is 0. The van der Waals surface area contributed by atoms with E-state index in [0.29, 0.717) is 31.2 Å². The van der Waals surface area contributed by atoms with Crippen LogP contribution in [0.2, 0.25) is 0 Å². The molecule has 0 saturated heterocycles. The van der Waals surface area contributed by atoms with Gasteiger partial charge >= 0.3 is 0 Å². The number of hydrogen-bond donors (Lipinski definition) is 2. The Kier molecular flexibility index (Phi) is 7.25. The predicted molar refractivity (Wildman–Crippen MR) is 117 cm³/mol. The van der Waals surface area contributed by atoms with Gasteiger partial charge in [-0.3, -0.25) is 14.9 Å². The minimum absolute atomic E-state index is 0.114. The molecule has 10 heteroatoms. The van der Waals surface area contributed by atoms with E-state index >= 15 is 0 Å². The topological polar surface area (TPSA) is 118 Å². The number of aryl methyl sites for hydroxylation is 1. The normalized spacial score (nSPS) is 19.8. The molecule has 8 nitrogen and oxygen atoms in total. The number of amides is 1. The number of benzene rings is 2. The van der Waals surface area contributed by atoms with E-state index in [9.17, 15) is 27.7 Å². The molecule has 2 aromatic rings. The van der Waals surface area contributed by atoms with E-state index in [1.54, 1.807) is 19.1 Å². The zero-order chi connectivity index (χ0) is 23.5. The largest absolute Gasteiger partial charge is 0.349 e. The minimum atomic E-state index is -3.91. The van der Waals surface area contributed by atoms with Crippen LogP contribution in [0.3, 0.4) is 0 Å². The van der Waals surface area contributed by atoms with Gasteiger partial charge in [0.1, 0.15) is 5.82 Å². The number of nitro groups is 1. The Morgan fingerprint density at radius 2 is 1.75 bits per heavy atom. The first-order valence-electron chi connectivity index (χ1n) is 10.4. The van der Waals surface area contributed by atoms with Gasteiger partial charge < -0.3 is 5.32 Å². The summed E-state index contributed by atoms with van der Waals surface area (Å²) < 4.78 is 41.1. The first kappa shape index (κ1) is 23.8. The maximum Gasteiger partial charge on any atom is 0.273 e. The molecule has 0 aromatic heterocycles. The molecule has 1 saturated carbocycles. The number of sulfonamides is 1. The molecule has 0 spiro atoms. The van der Waals surface area contributed by atoms with Gasteiger partial charge in [0.15, 0.2) is 0 Å². The Morgan fingerprint density at radius 3 is 2.34 bits per heavy atom. The third kappa shape index (κ3) is 5.68. The molecule has 0 radical (unpaired) electrons. The standard InChI is InChI=1S/C22H26FN3O5S/c1-14-3-12-20(13-21(14)26(28)29)32(30,31)25-19-10-6-17(7-11-19)22(27)24-15(2)16-4-8-18(23)9-5-16/h3-5,8-9,12-13,15,17,19,25H,6-7,10-11H2,1-2H3,(H,24,27)/t15-,17?,19?/m1/s1. The van der Waals surface area contributed by atoms with Crippen molar-refractivity contribution in [2.75, 3.05) is 0 Å². The maximum absolute atomic E-state index is 13.1. The Bertz CT molecular complexity index is 1100. The van der Waals surface area contributed by atoms with Crippen LogP contribution in [0.1, 0.15) is 49.8 Å². The smallest absolute Gasteiger partial charge is 0.273 e. The van der Waals surface area contributed by atoms with Crippen LogP contribution in [0.25, 0.3) is 0 Å². The van der Waals surface area contributed by atoms with Gasteiger partial charge in [0.25, 0.3) is 5.69 Å². The van der Waals surface area contributed by atoms with Gasteiger partial charge in [0.05, 0.1) is 15.9 Å². The van der Waals surface area contributed by atoms with Gasteiger partial charge in [-0.25, -0.2) is 17.5 Å². The Morgan fingerprint density at radius 1 is 1.12 bits per heavy atom. The average Bonchev–Trinajstić information content (AvgIpc) is 2.74. The van der Waals surface area contributed by atoms with Crippen molar-refractivity contribution in [2.45, 2.75) is 56.5 Å². The third-order valence-corrected chi connectivity index (χ3v) is 7.35. The fourth-order valence-corrected chi connectivity index (χ4v) is 5.20. The summed E-state index contributed by atoms with van der Waals surface area (Å²) in [4.78, 5) is 23.0. The lowest BCUT2D eigenvalue weighted by Crippen LogP contribution is -2.41. The molecule has 0 heterocycles. The molecular weight excluding hydrogens is 437 g/mol. The highest BCUT2D eigenvalue weighted by molar-refractivity contribution is 7.89. The minimum Gasteiger partial charge on any atom is -0.349 e. The molecule has 32 heavy (non-hydrogen) atoms. The zero-order valence-corrected chi connectivity index (χ0v) is 18.7. The second kappa shape index (κ2) is 9.74. The highest BCUT2D eigenvalue weighted by Crippen LogP contribution is 2.28. The van der Waals surface area contributed by atoms with Crippen molar-refractivity contribution in [3.8, 4) is 0 Å². The van der Waals surface area contributed by atoms with Gasteiger partial charge in [-0.15, -0.1) is 0 Å². The highest BCUT2D eigenvalue weighted by Gasteiger charge is 2.30. The number of nitrogens with one attached hydrogen (secondary N) is 2. The lowest BCUT2D eigenvalue weighted by molar-refractivity contribution is -0.385. The lowest BCUT2D eigenvalue weighted by Gasteiger charge is -2.29.